The Balaban J connectivity index is 2.22. The molecule has 2 rings (SSSR count). The van der Waals surface area contributed by atoms with Gasteiger partial charge in [0.1, 0.15) is 0 Å². The van der Waals surface area contributed by atoms with E-state index in [9.17, 15) is 8.42 Å². The van der Waals surface area contributed by atoms with Crippen LogP contribution < -0.4 is 16.2 Å². The molecule has 1 unspecified atom stereocenters. The molecule has 1 fully saturated rings. The van der Waals surface area contributed by atoms with Crippen molar-refractivity contribution in [3.8, 4) is 0 Å². The van der Waals surface area contributed by atoms with Crippen molar-refractivity contribution in [3.05, 3.63) is 17.7 Å². The van der Waals surface area contributed by atoms with E-state index in [0.717, 1.165) is 12.2 Å². The van der Waals surface area contributed by atoms with Crippen LogP contribution >= 0.6 is 11.8 Å². The van der Waals surface area contributed by atoms with E-state index < -0.39 is 10.0 Å². The summed E-state index contributed by atoms with van der Waals surface area (Å²) in [6, 6.07) is 3.16. The average Bonchev–Trinajstić information content (AvgIpc) is 2.81. The van der Waals surface area contributed by atoms with E-state index >= 15 is 0 Å². The third-order valence-corrected chi connectivity index (χ3v) is 5.67. The Hall–Kier alpha value is -0.920. The Labute approximate surface area is 118 Å². The van der Waals surface area contributed by atoms with Gasteiger partial charge < -0.3 is 11.1 Å². The molecule has 1 aliphatic rings. The summed E-state index contributed by atoms with van der Waals surface area (Å²) in [5, 5.41) is 9.07. The molecule has 1 aromatic carbocycles. The number of sulfonamides is 1. The first-order valence-corrected chi connectivity index (χ1v) is 8.76. The van der Waals surface area contributed by atoms with E-state index in [4.69, 9.17) is 10.9 Å². The number of thioether (sulfide) groups is 1. The lowest BCUT2D eigenvalue weighted by atomic mass is 10.1. The van der Waals surface area contributed by atoms with Crippen LogP contribution in [-0.4, -0.2) is 26.0 Å². The third kappa shape index (κ3) is 3.55. The van der Waals surface area contributed by atoms with Crippen LogP contribution in [0.25, 0.3) is 0 Å². The van der Waals surface area contributed by atoms with Gasteiger partial charge in [0.05, 0.1) is 4.90 Å². The molecule has 106 valence electrons. The molecular weight excluding hydrogens is 282 g/mol. The van der Waals surface area contributed by atoms with Crippen molar-refractivity contribution in [2.75, 3.05) is 23.3 Å². The van der Waals surface area contributed by atoms with Gasteiger partial charge in [-0.15, -0.1) is 0 Å². The minimum atomic E-state index is -3.74. The average molecular weight is 301 g/mol. The summed E-state index contributed by atoms with van der Waals surface area (Å²) in [4.78, 5) is 0.0917. The summed E-state index contributed by atoms with van der Waals surface area (Å²) < 4.78 is 23.0. The van der Waals surface area contributed by atoms with Gasteiger partial charge in [-0.3, -0.25) is 0 Å². The standard InChI is InChI=1S/C12H19N3O2S2/c1-8-11(15-7-10-3-2-4-18-10)5-9(13)6-12(8)19(14,16)17/h5-6,10,15H,2-4,7,13H2,1H3,(H2,14,16,17). The van der Waals surface area contributed by atoms with Gasteiger partial charge in [-0.2, -0.15) is 11.8 Å². The Morgan fingerprint density at radius 3 is 2.79 bits per heavy atom. The number of primary sulfonamides is 1. The molecule has 5 N–H and O–H groups in total. The number of anilines is 2. The maximum absolute atomic E-state index is 11.5. The van der Waals surface area contributed by atoms with Gasteiger partial charge in [-0.1, -0.05) is 0 Å². The van der Waals surface area contributed by atoms with Gasteiger partial charge in [0.15, 0.2) is 0 Å². The zero-order valence-electron chi connectivity index (χ0n) is 10.8. The minimum absolute atomic E-state index is 0.0917. The van der Waals surface area contributed by atoms with Crippen molar-refractivity contribution >= 4 is 33.2 Å². The highest BCUT2D eigenvalue weighted by Gasteiger charge is 2.18. The van der Waals surface area contributed by atoms with Crippen LogP contribution in [0.2, 0.25) is 0 Å². The Kier molecular flexibility index (Phi) is 4.27. The Bertz CT molecular complexity index is 567. The highest BCUT2D eigenvalue weighted by atomic mass is 32.2. The fourth-order valence-corrected chi connectivity index (χ4v) is 4.26. The van der Waals surface area contributed by atoms with Crippen LogP contribution in [-0.2, 0) is 10.0 Å². The molecule has 19 heavy (non-hydrogen) atoms. The van der Waals surface area contributed by atoms with E-state index in [1.165, 1.54) is 24.7 Å². The van der Waals surface area contributed by atoms with Crippen LogP contribution in [0.1, 0.15) is 18.4 Å². The zero-order chi connectivity index (χ0) is 14.0. The SMILES string of the molecule is Cc1c(NCC2CCCS2)cc(N)cc1S(N)(=O)=O. The molecule has 0 saturated carbocycles. The number of hydrogen-bond acceptors (Lipinski definition) is 5. The molecule has 0 amide bonds. The predicted molar refractivity (Wildman–Crippen MR) is 80.9 cm³/mol. The lowest BCUT2D eigenvalue weighted by Crippen LogP contribution is -2.18. The molecule has 0 spiro atoms. The number of nitrogen functional groups attached to an aromatic ring is 1. The summed E-state index contributed by atoms with van der Waals surface area (Å²) >= 11 is 1.94. The molecule has 0 aliphatic carbocycles. The fraction of sp³-hybridized carbons (Fsp3) is 0.500. The third-order valence-electron chi connectivity index (χ3n) is 3.23. The summed E-state index contributed by atoms with van der Waals surface area (Å²) in [6.45, 7) is 2.56. The zero-order valence-corrected chi connectivity index (χ0v) is 12.5. The smallest absolute Gasteiger partial charge is 0.238 e. The monoisotopic (exact) mass is 301 g/mol. The largest absolute Gasteiger partial charge is 0.399 e. The van der Waals surface area contributed by atoms with Gasteiger partial charge in [0.2, 0.25) is 10.0 Å². The first kappa shape index (κ1) is 14.5. The number of nitrogens with two attached hydrogens (primary N) is 2. The molecule has 0 aromatic heterocycles. The maximum Gasteiger partial charge on any atom is 0.238 e. The van der Waals surface area contributed by atoms with Crippen molar-refractivity contribution in [1.29, 1.82) is 0 Å². The van der Waals surface area contributed by atoms with Gasteiger partial charge in [0, 0.05) is 23.2 Å². The van der Waals surface area contributed by atoms with Crippen LogP contribution in [0.15, 0.2) is 17.0 Å². The van der Waals surface area contributed by atoms with E-state index in [2.05, 4.69) is 5.32 Å². The van der Waals surface area contributed by atoms with Gasteiger partial charge in [-0.05, 0) is 43.2 Å². The molecule has 5 nitrogen and oxygen atoms in total. The minimum Gasteiger partial charge on any atom is -0.399 e. The van der Waals surface area contributed by atoms with E-state index in [1.807, 2.05) is 11.8 Å². The van der Waals surface area contributed by atoms with Crippen LogP contribution in [0, 0.1) is 6.92 Å². The van der Waals surface area contributed by atoms with Crippen LogP contribution in [0.5, 0.6) is 0 Å². The van der Waals surface area contributed by atoms with Crippen molar-refractivity contribution in [2.24, 2.45) is 5.14 Å². The normalized spacial score (nSPS) is 19.6. The number of rotatable bonds is 4. The highest BCUT2D eigenvalue weighted by Crippen LogP contribution is 2.29. The first-order valence-electron chi connectivity index (χ1n) is 6.16. The molecule has 1 saturated heterocycles. The second kappa shape index (κ2) is 5.60. The molecule has 1 aliphatic heterocycles. The van der Waals surface area contributed by atoms with E-state index in [1.54, 1.807) is 13.0 Å². The molecule has 0 bridgehead atoms. The lowest BCUT2D eigenvalue weighted by molar-refractivity contribution is 0.597. The van der Waals surface area contributed by atoms with Crippen LogP contribution in [0.3, 0.4) is 0 Å². The first-order chi connectivity index (χ1) is 8.88. The quantitative estimate of drug-likeness (QED) is 0.733. The molecular formula is C12H19N3O2S2. The molecule has 1 atom stereocenters. The van der Waals surface area contributed by atoms with Crippen molar-refractivity contribution in [1.82, 2.24) is 0 Å². The highest BCUT2D eigenvalue weighted by molar-refractivity contribution is 8.00. The topological polar surface area (TPSA) is 98.2 Å². The second-order valence-corrected chi connectivity index (χ2v) is 7.69. The predicted octanol–water partition coefficient (Wildman–Crippen LogP) is 1.53. The second-order valence-electron chi connectivity index (χ2n) is 4.75. The summed E-state index contributed by atoms with van der Waals surface area (Å²) in [6.07, 6.45) is 2.44. The van der Waals surface area contributed by atoms with Gasteiger partial charge >= 0.3 is 0 Å². The van der Waals surface area contributed by atoms with Gasteiger partial charge in [0.25, 0.3) is 0 Å². The molecule has 7 heteroatoms. The van der Waals surface area contributed by atoms with Crippen LogP contribution in [0.4, 0.5) is 11.4 Å². The molecule has 1 aromatic rings. The van der Waals surface area contributed by atoms with E-state index in [-0.39, 0.29) is 4.90 Å². The molecule has 1 heterocycles. The molecule has 0 radical (unpaired) electrons. The van der Waals surface area contributed by atoms with Crippen molar-refractivity contribution in [3.63, 3.8) is 0 Å². The summed E-state index contributed by atoms with van der Waals surface area (Å²) in [5.74, 6) is 1.20. The summed E-state index contributed by atoms with van der Waals surface area (Å²) in [5.41, 5.74) is 7.51. The number of benzene rings is 1. The lowest BCUT2D eigenvalue weighted by Gasteiger charge is -2.16. The van der Waals surface area contributed by atoms with Gasteiger partial charge in [-0.25, -0.2) is 13.6 Å². The van der Waals surface area contributed by atoms with Crippen molar-refractivity contribution < 1.29 is 8.42 Å². The number of nitrogens with one attached hydrogen (secondary N) is 1. The number of hydrogen-bond donors (Lipinski definition) is 3. The Morgan fingerprint density at radius 2 is 2.21 bits per heavy atom. The maximum atomic E-state index is 11.5. The Morgan fingerprint density at radius 1 is 1.47 bits per heavy atom. The fourth-order valence-electron chi connectivity index (χ4n) is 2.22. The van der Waals surface area contributed by atoms with Crippen molar-refractivity contribution in [2.45, 2.75) is 29.9 Å². The van der Waals surface area contributed by atoms with E-state index in [0.29, 0.717) is 16.5 Å². The summed E-state index contributed by atoms with van der Waals surface area (Å²) in [7, 11) is -3.74.